The van der Waals surface area contributed by atoms with Gasteiger partial charge in [-0.3, -0.25) is 0 Å². The largest absolute Gasteiger partial charge is 0.377 e. The summed E-state index contributed by atoms with van der Waals surface area (Å²) < 4.78 is 5.42. The van der Waals surface area contributed by atoms with Crippen molar-refractivity contribution in [1.82, 2.24) is 5.32 Å². The van der Waals surface area contributed by atoms with Crippen molar-refractivity contribution in [3.05, 3.63) is 46.0 Å². The molecule has 2 nitrogen and oxygen atoms in total. The Kier molecular flexibility index (Phi) is 7.29. The van der Waals surface area contributed by atoms with Crippen LogP contribution in [0.1, 0.15) is 18.1 Å². The minimum atomic E-state index is 0.577. The molecule has 0 fully saturated rings. The molecular formula is C13H17Cl2NO. The average molecular weight is 274 g/mol. The first-order valence-electron chi connectivity index (χ1n) is 5.58. The van der Waals surface area contributed by atoms with Crippen LogP contribution in [0.3, 0.4) is 0 Å². The maximum absolute atomic E-state index is 5.80. The molecule has 4 heteroatoms. The van der Waals surface area contributed by atoms with E-state index >= 15 is 0 Å². The molecule has 94 valence electrons. The van der Waals surface area contributed by atoms with E-state index in [-0.39, 0.29) is 0 Å². The molecule has 1 aromatic carbocycles. The molecule has 0 radical (unpaired) electrons. The standard InChI is InChI=1S/C13H17Cl2NO/c1-2-17-10-12-6-4-3-5-11(12)8-16-9-13(15)7-14/h3-7,16H,2,8-10H2,1H3. The molecule has 1 aromatic rings. The first-order valence-corrected chi connectivity index (χ1v) is 6.39. The fourth-order valence-electron chi connectivity index (χ4n) is 1.44. The third kappa shape index (κ3) is 5.55. The summed E-state index contributed by atoms with van der Waals surface area (Å²) >= 11 is 11.3. The average Bonchev–Trinajstić information content (AvgIpc) is 2.37. The number of hydrogen-bond acceptors (Lipinski definition) is 2. The zero-order valence-electron chi connectivity index (χ0n) is 9.88. The number of ether oxygens (including phenoxy) is 1. The molecule has 0 bridgehead atoms. The Bertz CT molecular complexity index is 366. The van der Waals surface area contributed by atoms with Gasteiger partial charge in [-0.2, -0.15) is 0 Å². The summed E-state index contributed by atoms with van der Waals surface area (Å²) in [6, 6.07) is 8.19. The van der Waals surface area contributed by atoms with Crippen molar-refractivity contribution in [3.8, 4) is 0 Å². The van der Waals surface area contributed by atoms with Crippen LogP contribution in [0.4, 0.5) is 0 Å². The summed E-state index contributed by atoms with van der Waals surface area (Å²) in [5.41, 5.74) is 3.80. The van der Waals surface area contributed by atoms with Crippen molar-refractivity contribution in [3.63, 3.8) is 0 Å². The molecule has 0 amide bonds. The van der Waals surface area contributed by atoms with Crippen LogP contribution in [0, 0.1) is 0 Å². The third-order valence-electron chi connectivity index (χ3n) is 2.31. The van der Waals surface area contributed by atoms with Gasteiger partial charge in [0.2, 0.25) is 0 Å². The van der Waals surface area contributed by atoms with Crippen LogP contribution in [0.25, 0.3) is 0 Å². The van der Waals surface area contributed by atoms with E-state index in [9.17, 15) is 0 Å². The Hall–Kier alpha value is -0.540. The van der Waals surface area contributed by atoms with Crippen LogP contribution in [0.5, 0.6) is 0 Å². The topological polar surface area (TPSA) is 21.3 Å². The van der Waals surface area contributed by atoms with Crippen LogP contribution < -0.4 is 5.32 Å². The molecule has 0 heterocycles. The molecule has 0 aliphatic carbocycles. The Balaban J connectivity index is 2.51. The lowest BCUT2D eigenvalue weighted by Gasteiger charge is -2.10. The highest BCUT2D eigenvalue weighted by Gasteiger charge is 2.01. The van der Waals surface area contributed by atoms with E-state index in [4.69, 9.17) is 27.9 Å². The summed E-state index contributed by atoms with van der Waals surface area (Å²) in [6.07, 6.45) is 0. The number of hydrogen-bond donors (Lipinski definition) is 1. The zero-order chi connectivity index (χ0) is 12.5. The van der Waals surface area contributed by atoms with Gasteiger partial charge >= 0.3 is 0 Å². The molecule has 0 spiro atoms. The van der Waals surface area contributed by atoms with Crippen molar-refractivity contribution in [2.45, 2.75) is 20.1 Å². The Morgan fingerprint density at radius 2 is 2.06 bits per heavy atom. The summed E-state index contributed by atoms with van der Waals surface area (Å²) in [5, 5.41) is 3.83. The van der Waals surface area contributed by atoms with E-state index in [1.165, 1.54) is 16.7 Å². The molecule has 1 N–H and O–H groups in total. The maximum atomic E-state index is 5.80. The molecule has 1 rings (SSSR count). The van der Waals surface area contributed by atoms with E-state index in [2.05, 4.69) is 17.4 Å². The van der Waals surface area contributed by atoms with Gasteiger partial charge in [-0.15, -0.1) is 0 Å². The molecule has 17 heavy (non-hydrogen) atoms. The summed E-state index contributed by atoms with van der Waals surface area (Å²) in [6.45, 7) is 4.69. The molecule has 0 unspecified atom stereocenters. The minimum absolute atomic E-state index is 0.577. The van der Waals surface area contributed by atoms with Crippen molar-refractivity contribution in [2.75, 3.05) is 13.2 Å². The highest BCUT2D eigenvalue weighted by atomic mass is 35.5. The van der Waals surface area contributed by atoms with Crippen molar-refractivity contribution < 1.29 is 4.74 Å². The lowest BCUT2D eigenvalue weighted by molar-refractivity contribution is 0.133. The smallest absolute Gasteiger partial charge is 0.0719 e. The Morgan fingerprint density at radius 3 is 2.71 bits per heavy atom. The molecule has 0 atom stereocenters. The number of nitrogens with one attached hydrogen (secondary N) is 1. The second-order valence-electron chi connectivity index (χ2n) is 3.57. The number of benzene rings is 1. The van der Waals surface area contributed by atoms with Crippen molar-refractivity contribution in [1.29, 1.82) is 0 Å². The lowest BCUT2D eigenvalue weighted by atomic mass is 10.1. The summed E-state index contributed by atoms with van der Waals surface area (Å²) in [7, 11) is 0. The van der Waals surface area contributed by atoms with Gasteiger partial charge in [-0.05, 0) is 18.1 Å². The van der Waals surface area contributed by atoms with Gasteiger partial charge in [0.1, 0.15) is 0 Å². The predicted molar refractivity (Wildman–Crippen MR) is 73.3 cm³/mol. The van der Waals surface area contributed by atoms with E-state index in [1.807, 2.05) is 19.1 Å². The number of halogens is 2. The molecule has 0 aromatic heterocycles. The fraction of sp³-hybridized carbons (Fsp3) is 0.385. The van der Waals surface area contributed by atoms with Crippen LogP contribution in [0.15, 0.2) is 34.8 Å². The summed E-state index contributed by atoms with van der Waals surface area (Å²) in [5.74, 6) is 0. The van der Waals surface area contributed by atoms with Gasteiger partial charge < -0.3 is 10.1 Å². The minimum Gasteiger partial charge on any atom is -0.377 e. The second-order valence-corrected chi connectivity index (χ2v) is 4.27. The van der Waals surface area contributed by atoms with Gasteiger partial charge in [-0.1, -0.05) is 47.5 Å². The predicted octanol–water partition coefficient (Wildman–Crippen LogP) is 3.63. The van der Waals surface area contributed by atoms with Crippen LogP contribution in [-0.4, -0.2) is 13.2 Å². The zero-order valence-corrected chi connectivity index (χ0v) is 11.4. The van der Waals surface area contributed by atoms with E-state index in [0.29, 0.717) is 18.2 Å². The van der Waals surface area contributed by atoms with Crippen LogP contribution in [-0.2, 0) is 17.9 Å². The molecule has 0 saturated heterocycles. The van der Waals surface area contributed by atoms with E-state index in [1.54, 1.807) is 0 Å². The first-order chi connectivity index (χ1) is 8.27. The Morgan fingerprint density at radius 1 is 1.35 bits per heavy atom. The fourth-order valence-corrected chi connectivity index (χ4v) is 1.61. The molecule has 0 saturated carbocycles. The van der Waals surface area contributed by atoms with Gasteiger partial charge in [0.05, 0.1) is 6.61 Å². The number of rotatable bonds is 7. The lowest BCUT2D eigenvalue weighted by Crippen LogP contribution is -2.16. The molecule has 0 aliphatic rings. The van der Waals surface area contributed by atoms with Gasteiger partial charge in [0, 0.05) is 30.3 Å². The summed E-state index contributed by atoms with van der Waals surface area (Å²) in [4.78, 5) is 0. The highest BCUT2D eigenvalue weighted by Crippen LogP contribution is 2.10. The monoisotopic (exact) mass is 273 g/mol. The van der Waals surface area contributed by atoms with Gasteiger partial charge in [-0.25, -0.2) is 0 Å². The quantitative estimate of drug-likeness (QED) is 0.819. The maximum Gasteiger partial charge on any atom is 0.0719 e. The molecule has 0 aliphatic heterocycles. The molecular weight excluding hydrogens is 257 g/mol. The SMILES string of the molecule is CCOCc1ccccc1CNCC(Cl)=CCl. The Labute approximate surface area is 113 Å². The second kappa shape index (κ2) is 8.54. The van der Waals surface area contributed by atoms with Crippen molar-refractivity contribution >= 4 is 23.2 Å². The normalized spacial score (nSPS) is 11.8. The third-order valence-corrected chi connectivity index (χ3v) is 2.93. The van der Waals surface area contributed by atoms with Crippen LogP contribution in [0.2, 0.25) is 0 Å². The van der Waals surface area contributed by atoms with Crippen LogP contribution >= 0.6 is 23.2 Å². The van der Waals surface area contributed by atoms with Crippen molar-refractivity contribution in [2.24, 2.45) is 0 Å². The first kappa shape index (κ1) is 14.5. The van der Waals surface area contributed by atoms with E-state index < -0.39 is 0 Å². The van der Waals surface area contributed by atoms with E-state index in [0.717, 1.165) is 13.2 Å². The van der Waals surface area contributed by atoms with Gasteiger partial charge in [0.15, 0.2) is 0 Å². The highest BCUT2D eigenvalue weighted by molar-refractivity contribution is 6.36. The van der Waals surface area contributed by atoms with Gasteiger partial charge in [0.25, 0.3) is 0 Å².